The van der Waals surface area contributed by atoms with Crippen molar-refractivity contribution in [3.63, 3.8) is 0 Å². The Bertz CT molecular complexity index is 4700. The number of nitrogens with two attached hydrogens (primary N) is 1. The first kappa shape index (κ1) is 74.7. The molecule has 8 aromatic heterocycles. The highest BCUT2D eigenvalue weighted by atomic mass is 35.5. The number of aldehydes is 1. The van der Waals surface area contributed by atoms with Gasteiger partial charge in [0.05, 0.1) is 46.8 Å². The van der Waals surface area contributed by atoms with E-state index in [9.17, 15) is 49.1 Å². The van der Waals surface area contributed by atoms with Crippen LogP contribution in [0.1, 0.15) is 109 Å². The van der Waals surface area contributed by atoms with Crippen LogP contribution in [0.4, 0.5) is 61.8 Å². The molecule has 3 aliphatic heterocycles. The Morgan fingerprint density at radius 1 is 0.577 bits per heavy atom. The summed E-state index contributed by atoms with van der Waals surface area (Å²) in [7, 11) is 0. The molecule has 1 amide bonds. The van der Waals surface area contributed by atoms with Gasteiger partial charge in [-0.1, -0.05) is 36.4 Å². The summed E-state index contributed by atoms with van der Waals surface area (Å²) >= 11 is 21.2. The molecule has 19 nitrogen and oxygen atoms in total. The summed E-state index contributed by atoms with van der Waals surface area (Å²) < 4.78 is 120. The Hall–Kier alpha value is -7.52. The van der Waals surface area contributed by atoms with Crippen LogP contribution in [0.5, 0.6) is 0 Å². The van der Waals surface area contributed by atoms with E-state index in [1.54, 1.807) is 30.6 Å². The highest BCUT2D eigenvalue weighted by Crippen LogP contribution is 2.52. The number of carbonyl (C=O) groups excluding carboxylic acids is 2. The highest BCUT2D eigenvalue weighted by molar-refractivity contribution is 7.19. The van der Waals surface area contributed by atoms with Crippen molar-refractivity contribution in [2.45, 2.75) is 147 Å². The van der Waals surface area contributed by atoms with Gasteiger partial charge in [0.25, 0.3) is 0 Å². The van der Waals surface area contributed by atoms with Gasteiger partial charge in [-0.05, 0) is 167 Å². The number of rotatable bonds is 13. The van der Waals surface area contributed by atoms with Crippen molar-refractivity contribution in [2.24, 2.45) is 22.0 Å². The maximum absolute atomic E-state index is 12.9. The van der Waals surface area contributed by atoms with Crippen LogP contribution in [-0.2, 0) is 30.5 Å². The molecule has 34 heteroatoms. The average molecular weight is 1560 g/mol. The fourth-order valence-corrected chi connectivity index (χ4v) is 18.9. The number of amides is 1. The van der Waals surface area contributed by atoms with Gasteiger partial charge in [-0.3, -0.25) is 15.0 Å². The van der Waals surface area contributed by atoms with Gasteiger partial charge in [0.15, 0.2) is 0 Å². The number of aromatic amines is 2. The number of aromatic nitrogens is 10. The minimum atomic E-state index is -4.28. The van der Waals surface area contributed by atoms with Crippen molar-refractivity contribution in [1.82, 2.24) is 60.9 Å². The predicted molar refractivity (Wildman–Crippen MR) is 387 cm³/mol. The first-order valence-corrected chi connectivity index (χ1v) is 37.2. The van der Waals surface area contributed by atoms with E-state index in [1.165, 1.54) is 11.6 Å². The van der Waals surface area contributed by atoms with Gasteiger partial charge in [-0.15, -0.1) is 34.0 Å². The zero-order chi connectivity index (χ0) is 73.7. The molecule has 3 saturated heterocycles. The zero-order valence-electron chi connectivity index (χ0n) is 56.4. The van der Waals surface area contributed by atoms with E-state index < -0.39 is 49.5 Å². The summed E-state index contributed by atoms with van der Waals surface area (Å²) in [5.41, 5.74) is 11.9. The summed E-state index contributed by atoms with van der Waals surface area (Å²) in [6.45, 7) is 11.0. The average Bonchev–Trinajstić information content (AvgIpc) is 1.54. The summed E-state index contributed by atoms with van der Waals surface area (Å²) in [5, 5.41) is 22.5. The van der Waals surface area contributed by atoms with Gasteiger partial charge in [0, 0.05) is 118 Å². The fourth-order valence-electron chi connectivity index (χ4n) is 15.1. The largest absolute Gasteiger partial charge is 0.444 e. The molecular weight excluding hydrogens is 1490 g/mol. The third-order valence-electron chi connectivity index (χ3n) is 19.4. The maximum Gasteiger partial charge on any atom is 0.407 e. The minimum absolute atomic E-state index is 0.0275. The molecule has 11 heterocycles. The molecule has 0 bridgehead atoms. The molecule has 2 aromatic carbocycles. The maximum atomic E-state index is 12.9. The molecule has 6 N–H and O–H groups in total. The Kier molecular flexibility index (Phi) is 21.3. The summed E-state index contributed by atoms with van der Waals surface area (Å²) in [4.78, 5) is 56.3. The van der Waals surface area contributed by atoms with Crippen LogP contribution in [0.25, 0.3) is 53.2 Å². The Morgan fingerprint density at radius 3 is 1.39 bits per heavy atom. The Labute approximate surface area is 618 Å². The Morgan fingerprint density at radius 2 is 0.990 bits per heavy atom. The molecule has 0 radical (unpaired) electrons. The first-order valence-electron chi connectivity index (χ1n) is 33.6. The number of alkyl halides is 9. The van der Waals surface area contributed by atoms with Crippen molar-refractivity contribution in [1.29, 1.82) is 0 Å². The minimum Gasteiger partial charge on any atom is -0.444 e. The van der Waals surface area contributed by atoms with E-state index >= 15 is 0 Å². The topological polar surface area (TPSA) is 238 Å². The Balaban J connectivity index is 0.000000129. The van der Waals surface area contributed by atoms with Crippen molar-refractivity contribution < 1.29 is 53.8 Å². The van der Waals surface area contributed by atoms with Gasteiger partial charge in [-0.25, -0.2) is 19.7 Å². The second-order valence-corrected chi connectivity index (χ2v) is 33.3. The lowest BCUT2D eigenvalue weighted by Gasteiger charge is -2.49. The third kappa shape index (κ3) is 18.3. The van der Waals surface area contributed by atoms with E-state index in [2.05, 4.69) is 95.0 Å². The van der Waals surface area contributed by atoms with E-state index in [4.69, 9.17) is 45.3 Å². The van der Waals surface area contributed by atoms with Gasteiger partial charge in [-0.2, -0.15) is 64.7 Å². The number of anilines is 3. The number of thiophene rings is 3. The molecule has 10 aromatic rings. The number of benzene rings is 2. The van der Waals surface area contributed by atoms with Crippen molar-refractivity contribution in [3.8, 4) is 22.5 Å². The fraction of sp³-hybridized carbons (Fsp3) is 0.457. The van der Waals surface area contributed by atoms with Crippen molar-refractivity contribution in [2.75, 3.05) is 54.0 Å². The number of hydrogen-bond donors (Lipinski definition) is 5. The van der Waals surface area contributed by atoms with Gasteiger partial charge in [0.2, 0.25) is 15.9 Å². The third-order valence-corrected chi connectivity index (χ3v) is 23.0. The molecule has 6 fully saturated rings. The van der Waals surface area contributed by atoms with Gasteiger partial charge in [0.1, 0.15) is 43.8 Å². The monoisotopic (exact) mass is 1560 g/mol. The molecule has 3 saturated carbocycles. The summed E-state index contributed by atoms with van der Waals surface area (Å²) in [6.07, 6.45) is -2.80. The van der Waals surface area contributed by atoms with Crippen molar-refractivity contribution in [3.05, 3.63) is 133 Å². The van der Waals surface area contributed by atoms with Gasteiger partial charge < -0.3 is 35.8 Å². The van der Waals surface area contributed by atoms with Crippen LogP contribution >= 0.6 is 68.8 Å². The van der Waals surface area contributed by atoms with Crippen LogP contribution in [0, 0.1) is 16.2 Å². The molecule has 16 rings (SSSR count). The number of alkyl carbamates (subject to hydrolysis) is 1. The number of halogens is 12. The molecule has 3 aliphatic carbocycles. The molecule has 6 aliphatic rings. The molecule has 3 unspecified atom stereocenters. The molecule has 3 spiro atoms. The number of carbonyl (C=O) groups is 2. The summed E-state index contributed by atoms with van der Waals surface area (Å²) in [5.74, 6) is 1.86. The number of nitrogens with zero attached hydrogens (tertiary/aromatic N) is 11. The van der Waals surface area contributed by atoms with E-state index in [-0.39, 0.29) is 58.8 Å². The molecule has 3 atom stereocenters. The van der Waals surface area contributed by atoms with Crippen LogP contribution in [0.2, 0.25) is 15.9 Å². The van der Waals surface area contributed by atoms with E-state index in [1.807, 2.05) is 56.0 Å². The zero-order valence-corrected chi connectivity index (χ0v) is 61.1. The number of fused-ring (bicyclic) bond motifs is 3. The lowest BCUT2D eigenvalue weighted by molar-refractivity contribution is -0.127. The lowest BCUT2D eigenvalue weighted by Crippen LogP contribution is -2.56. The predicted octanol–water partition coefficient (Wildman–Crippen LogP) is 17.0. The highest BCUT2D eigenvalue weighted by Gasteiger charge is 2.52. The first-order chi connectivity index (χ1) is 49.2. The van der Waals surface area contributed by atoms with Crippen LogP contribution in [-0.4, -0.2) is 144 Å². The second-order valence-electron chi connectivity index (χ2n) is 29.0. The van der Waals surface area contributed by atoms with Crippen LogP contribution in [0.15, 0.2) is 91.3 Å². The van der Waals surface area contributed by atoms with Crippen LogP contribution in [0.3, 0.4) is 0 Å². The number of hydrogen-bond acceptors (Lipinski definition) is 19. The summed E-state index contributed by atoms with van der Waals surface area (Å²) in [6, 6.07) is 25.0. The SMILES string of the molecule is CC(C)(C)OC(=O)NC1CCC2(C1)CN(c1nc(Cl)nc3sc(CC(F)(F)F)cc13)C2.FC(F)(F)Cc1cc2c(N3CC4(CCC(NCc5cccc(-c6ccn[nH]6)c5)C4)C3)nc(Cl)nc2s1.NC1CCC2(C1)CN(c1nc(Cl)nc3sc(CC(F)(F)F)cc13)C2.O=Cc1cccc(-c2ccn[nH]2)c1. The quantitative estimate of drug-likeness (QED) is 0.0410. The number of nitrogens with one attached hydrogen (secondary N) is 4. The standard InChI is InChI=1S/C25H24ClF3N6S.C20H24ClF3N4O2S.C15H16ClF3N4S.C10H8N2O/c26-23-32-21(19-9-18(11-25(27,28)29)36-22(19)33-23)35-13-24(14-35)6-4-17(10-24)30-12-15-2-1-3-16(8-15)20-5-7-31-34-20;1-18(2,3)30-17(29)25-11-4-5-19(7-11)9-28(10-19)14-13-6-12(8-20(22,23)24)31-15(13)27-16(21)26-14;16-13-21-11(23-6-14(7-23)2-1-8(20)4-14)10-3-9(5-15(17,18)19)24-12(10)22-13;13-7-8-2-1-3-9(6-8)10-4-5-11-12-10/h1-3,5,7-9,17,30H,4,6,10-14H2,(H,31,34);6,11H,4-5,7-10H2,1-3H3,(H,25,29);3,8H,1-2,4-7,20H2;1-7H,(H,11,12). The molecular formula is C70H72Cl3F9N16O3S3. The number of H-pyrrole nitrogens is 2. The van der Waals surface area contributed by atoms with E-state index in [0.717, 1.165) is 153 Å². The van der Waals surface area contributed by atoms with Crippen molar-refractivity contribution >= 4 is 129 Å². The molecule has 552 valence electrons. The smallest absolute Gasteiger partial charge is 0.407 e. The second kappa shape index (κ2) is 29.7. The van der Waals surface area contributed by atoms with Crippen LogP contribution < -0.4 is 31.1 Å². The van der Waals surface area contributed by atoms with Gasteiger partial charge >= 0.3 is 24.6 Å². The lowest BCUT2D eigenvalue weighted by atomic mass is 9.78. The number of ether oxygens (including phenoxy) is 1. The van der Waals surface area contributed by atoms with E-state index in [0.29, 0.717) is 72.8 Å². The normalized spacial score (nSPS) is 19.5. The molecule has 104 heavy (non-hydrogen) atoms.